The topological polar surface area (TPSA) is 24.9 Å². The van der Waals surface area contributed by atoms with Gasteiger partial charge in [0.15, 0.2) is 0 Å². The van der Waals surface area contributed by atoms with E-state index in [2.05, 4.69) is 33.0 Å². The Kier molecular flexibility index (Phi) is 4.44. The van der Waals surface area contributed by atoms with E-state index in [0.29, 0.717) is 5.92 Å². The number of fused-ring (bicyclic) bond motifs is 1. The molecule has 1 aromatic rings. The third kappa shape index (κ3) is 2.35. The standard InChI is InChI=1S/C15H26N2S/c1-5-15(11(3)4,16-6-2)14-17-12-9-7-8-10-13(12)18-14/h11,16H,5-10H2,1-4H3. The second kappa shape index (κ2) is 5.70. The quantitative estimate of drug-likeness (QED) is 0.874. The highest BCUT2D eigenvalue weighted by Crippen LogP contribution is 2.38. The SMILES string of the molecule is CCNC(CC)(c1nc2c(s1)CCCC2)C(C)C. The van der Waals surface area contributed by atoms with Crippen molar-refractivity contribution in [2.75, 3.05) is 6.54 Å². The number of aromatic nitrogens is 1. The zero-order valence-corrected chi connectivity index (χ0v) is 13.0. The lowest BCUT2D eigenvalue weighted by molar-refractivity contribution is 0.232. The van der Waals surface area contributed by atoms with Gasteiger partial charge in [0.05, 0.1) is 11.2 Å². The first-order valence-electron chi connectivity index (χ1n) is 7.38. The smallest absolute Gasteiger partial charge is 0.114 e. The molecule has 1 unspecified atom stereocenters. The van der Waals surface area contributed by atoms with Gasteiger partial charge >= 0.3 is 0 Å². The van der Waals surface area contributed by atoms with Crippen molar-refractivity contribution in [1.82, 2.24) is 10.3 Å². The van der Waals surface area contributed by atoms with Gasteiger partial charge in [0.25, 0.3) is 0 Å². The molecular weight excluding hydrogens is 240 g/mol. The number of nitrogens with one attached hydrogen (secondary N) is 1. The largest absolute Gasteiger partial charge is 0.305 e. The fourth-order valence-electron chi connectivity index (χ4n) is 3.07. The van der Waals surface area contributed by atoms with Crippen LogP contribution in [0.1, 0.15) is 62.5 Å². The minimum Gasteiger partial charge on any atom is -0.305 e. The van der Waals surface area contributed by atoms with Crippen molar-refractivity contribution in [3.8, 4) is 0 Å². The van der Waals surface area contributed by atoms with Crippen molar-refractivity contribution in [3.63, 3.8) is 0 Å². The lowest BCUT2D eigenvalue weighted by Crippen LogP contribution is -2.46. The molecule has 1 aromatic heterocycles. The summed E-state index contributed by atoms with van der Waals surface area (Å²) in [6.07, 6.45) is 6.21. The van der Waals surface area contributed by atoms with E-state index in [1.165, 1.54) is 36.4 Å². The van der Waals surface area contributed by atoms with Crippen molar-refractivity contribution >= 4 is 11.3 Å². The number of thiazole rings is 1. The first-order chi connectivity index (χ1) is 8.64. The Hall–Kier alpha value is -0.410. The highest BCUT2D eigenvalue weighted by atomic mass is 32.1. The minimum atomic E-state index is 0.0801. The van der Waals surface area contributed by atoms with Gasteiger partial charge in [0, 0.05) is 4.88 Å². The number of hydrogen-bond acceptors (Lipinski definition) is 3. The van der Waals surface area contributed by atoms with Crippen LogP contribution in [0.2, 0.25) is 0 Å². The first-order valence-corrected chi connectivity index (χ1v) is 8.19. The minimum absolute atomic E-state index is 0.0801. The molecule has 2 rings (SSSR count). The van der Waals surface area contributed by atoms with Gasteiger partial charge in [-0.25, -0.2) is 4.98 Å². The van der Waals surface area contributed by atoms with Crippen LogP contribution in [0.15, 0.2) is 0 Å². The molecule has 1 aliphatic rings. The molecule has 0 amide bonds. The second-order valence-electron chi connectivity index (χ2n) is 5.61. The van der Waals surface area contributed by atoms with Crippen molar-refractivity contribution in [1.29, 1.82) is 0 Å². The van der Waals surface area contributed by atoms with Crippen LogP contribution in [0.5, 0.6) is 0 Å². The lowest BCUT2D eigenvalue weighted by atomic mass is 9.84. The lowest BCUT2D eigenvalue weighted by Gasteiger charge is -2.36. The first kappa shape index (κ1) is 14.0. The summed E-state index contributed by atoms with van der Waals surface area (Å²) in [5.74, 6) is 0.579. The summed E-state index contributed by atoms with van der Waals surface area (Å²) in [6, 6.07) is 0. The van der Waals surface area contributed by atoms with Crippen molar-refractivity contribution in [2.45, 2.75) is 65.3 Å². The zero-order valence-electron chi connectivity index (χ0n) is 12.2. The fourth-order valence-corrected chi connectivity index (χ4v) is 4.60. The van der Waals surface area contributed by atoms with Crippen LogP contribution in [0, 0.1) is 5.92 Å². The van der Waals surface area contributed by atoms with Crippen LogP contribution in [-0.4, -0.2) is 11.5 Å². The van der Waals surface area contributed by atoms with Gasteiger partial charge in [0.2, 0.25) is 0 Å². The van der Waals surface area contributed by atoms with Gasteiger partial charge in [-0.3, -0.25) is 0 Å². The van der Waals surface area contributed by atoms with E-state index in [9.17, 15) is 0 Å². The van der Waals surface area contributed by atoms with Crippen LogP contribution in [0.3, 0.4) is 0 Å². The van der Waals surface area contributed by atoms with Crippen LogP contribution in [-0.2, 0) is 18.4 Å². The molecule has 0 aliphatic heterocycles. The zero-order chi connectivity index (χ0) is 13.2. The van der Waals surface area contributed by atoms with E-state index in [1.807, 2.05) is 11.3 Å². The van der Waals surface area contributed by atoms with E-state index in [0.717, 1.165) is 13.0 Å². The Bertz CT molecular complexity index is 374. The van der Waals surface area contributed by atoms with Crippen LogP contribution in [0.25, 0.3) is 0 Å². The molecule has 2 nitrogen and oxygen atoms in total. The summed E-state index contributed by atoms with van der Waals surface area (Å²) >= 11 is 1.96. The highest BCUT2D eigenvalue weighted by molar-refractivity contribution is 7.11. The number of nitrogens with zero attached hydrogens (tertiary/aromatic N) is 1. The molecule has 102 valence electrons. The van der Waals surface area contributed by atoms with Crippen molar-refractivity contribution in [2.24, 2.45) is 5.92 Å². The second-order valence-corrected chi connectivity index (χ2v) is 6.69. The van der Waals surface area contributed by atoms with Gasteiger partial charge in [-0.1, -0.05) is 27.7 Å². The van der Waals surface area contributed by atoms with Crippen LogP contribution < -0.4 is 5.32 Å². The summed E-state index contributed by atoms with van der Waals surface area (Å²) < 4.78 is 0. The highest BCUT2D eigenvalue weighted by Gasteiger charge is 2.37. The Labute approximate surface area is 115 Å². The molecular formula is C15H26N2S. The Balaban J connectivity index is 2.38. The van der Waals surface area contributed by atoms with E-state index in [-0.39, 0.29) is 5.54 Å². The molecule has 0 radical (unpaired) electrons. The summed E-state index contributed by atoms with van der Waals surface area (Å²) in [7, 11) is 0. The maximum atomic E-state index is 4.99. The van der Waals surface area contributed by atoms with Crippen LogP contribution >= 0.6 is 11.3 Å². The fraction of sp³-hybridized carbons (Fsp3) is 0.800. The van der Waals surface area contributed by atoms with Crippen LogP contribution in [0.4, 0.5) is 0 Å². The monoisotopic (exact) mass is 266 g/mol. The normalized spacial score (nSPS) is 18.7. The molecule has 1 aliphatic carbocycles. The van der Waals surface area contributed by atoms with E-state index in [1.54, 1.807) is 4.88 Å². The summed E-state index contributed by atoms with van der Waals surface area (Å²) in [5.41, 5.74) is 1.47. The van der Waals surface area contributed by atoms with E-state index < -0.39 is 0 Å². The molecule has 0 bridgehead atoms. The molecule has 1 heterocycles. The van der Waals surface area contributed by atoms with E-state index >= 15 is 0 Å². The molecule has 3 heteroatoms. The van der Waals surface area contributed by atoms with Gasteiger partial charge < -0.3 is 5.32 Å². The summed E-state index contributed by atoms with van der Waals surface area (Å²) in [4.78, 5) is 6.54. The molecule has 0 saturated carbocycles. The molecule has 0 aromatic carbocycles. The maximum absolute atomic E-state index is 4.99. The molecule has 18 heavy (non-hydrogen) atoms. The molecule has 0 spiro atoms. The maximum Gasteiger partial charge on any atom is 0.114 e. The number of hydrogen-bond donors (Lipinski definition) is 1. The summed E-state index contributed by atoms with van der Waals surface area (Å²) in [5, 5.41) is 5.05. The molecule has 0 saturated heterocycles. The van der Waals surface area contributed by atoms with Gasteiger partial charge in [0.1, 0.15) is 5.01 Å². The molecule has 1 N–H and O–H groups in total. The number of rotatable bonds is 5. The summed E-state index contributed by atoms with van der Waals surface area (Å²) in [6.45, 7) is 10.1. The predicted molar refractivity (Wildman–Crippen MR) is 79.2 cm³/mol. The average Bonchev–Trinajstić information content (AvgIpc) is 2.79. The molecule has 1 atom stereocenters. The van der Waals surface area contributed by atoms with Crippen molar-refractivity contribution < 1.29 is 0 Å². The Morgan fingerprint density at radius 3 is 2.56 bits per heavy atom. The predicted octanol–water partition coefficient (Wildman–Crippen LogP) is 3.89. The average molecular weight is 266 g/mol. The Morgan fingerprint density at radius 2 is 2.00 bits per heavy atom. The van der Waals surface area contributed by atoms with Gasteiger partial charge in [-0.15, -0.1) is 11.3 Å². The third-order valence-corrected chi connectivity index (χ3v) is 5.60. The van der Waals surface area contributed by atoms with Crippen molar-refractivity contribution in [3.05, 3.63) is 15.6 Å². The molecule has 0 fully saturated rings. The third-order valence-electron chi connectivity index (χ3n) is 4.26. The van der Waals surface area contributed by atoms with E-state index in [4.69, 9.17) is 4.98 Å². The Morgan fingerprint density at radius 1 is 1.28 bits per heavy atom. The number of aryl methyl sites for hydroxylation is 2. The van der Waals surface area contributed by atoms with Gasteiger partial charge in [-0.2, -0.15) is 0 Å². The van der Waals surface area contributed by atoms with Gasteiger partial charge in [-0.05, 0) is 44.6 Å².